The van der Waals surface area contributed by atoms with Crippen LogP contribution in [0, 0.1) is 88.8 Å². The van der Waals surface area contributed by atoms with Crippen LogP contribution in [-0.2, 0) is 125 Å². The van der Waals surface area contributed by atoms with Gasteiger partial charge in [-0.2, -0.15) is 0 Å². The van der Waals surface area contributed by atoms with Crippen LogP contribution in [0.15, 0.2) is 24.3 Å². The van der Waals surface area contributed by atoms with Gasteiger partial charge in [-0.25, -0.2) is 24.0 Å². The number of likely N-dealkylation sites (tertiary alicyclic amines) is 3. The molecule has 9 fully saturated rings. The predicted octanol–water partition coefficient (Wildman–Crippen LogP) is 5.61. The number of nitrogens with one attached hydrogen (secondary N) is 1. The highest BCUT2D eigenvalue weighted by Crippen LogP contribution is 2.36. The molecule has 36 heteroatoms. The van der Waals surface area contributed by atoms with Crippen LogP contribution in [0.2, 0.25) is 0 Å². The molecular formula is C78H105N9O27. The second-order valence-electron chi connectivity index (χ2n) is 32.0. The van der Waals surface area contributed by atoms with Gasteiger partial charge in [-0.1, -0.05) is 104 Å². The second-order valence-corrected chi connectivity index (χ2v) is 32.0. The van der Waals surface area contributed by atoms with Gasteiger partial charge in [0.15, 0.2) is 0 Å². The third-order valence-electron chi connectivity index (χ3n) is 20.3. The second kappa shape index (κ2) is 40.8. The summed E-state index contributed by atoms with van der Waals surface area (Å²) in [5.41, 5.74) is 0.733. The fraction of sp³-hybridized carbons (Fsp3) is 0.641. The molecular weight excluding hydrogens is 1490 g/mol. The Kier molecular flexibility index (Phi) is 32.9. The zero-order valence-corrected chi connectivity index (χ0v) is 67.2. The molecule has 0 aromatic heterocycles. The Morgan fingerprint density at radius 3 is 1.05 bits per heavy atom. The van der Waals surface area contributed by atoms with Gasteiger partial charge in [0.1, 0.15) is 0 Å². The number of hydrogen-bond donors (Lipinski definition) is 1. The maximum Gasteiger partial charge on any atom is 0.363 e. The fourth-order valence-corrected chi connectivity index (χ4v) is 13.4. The Morgan fingerprint density at radius 1 is 0.368 bits per heavy atom. The minimum absolute atomic E-state index is 0.00524. The topological polar surface area (TPSA) is 460 Å². The molecule has 9 aliphatic rings. The Morgan fingerprint density at radius 2 is 0.702 bits per heavy atom. The van der Waals surface area contributed by atoms with E-state index in [0.29, 0.717) is 69.7 Å². The average Bonchev–Trinajstić information content (AvgIpc) is 1.58. The van der Waals surface area contributed by atoms with Crippen LogP contribution in [0.4, 0.5) is 5.69 Å². The summed E-state index contributed by atoms with van der Waals surface area (Å²) in [6, 6.07) is 6.04. The van der Waals surface area contributed by atoms with E-state index in [1.807, 2.05) is 69.2 Å². The number of nitrogens with zero attached hydrogens (tertiary/aromatic N) is 8. The summed E-state index contributed by atoms with van der Waals surface area (Å²) in [6.07, 6.45) is 3.87. The minimum atomic E-state index is -0.825. The third kappa shape index (κ3) is 24.3. The van der Waals surface area contributed by atoms with E-state index < -0.39 is 113 Å². The molecule has 8 aliphatic heterocycles. The molecule has 36 nitrogen and oxygen atoms in total. The van der Waals surface area contributed by atoms with E-state index in [0.717, 1.165) is 4.90 Å². The molecule has 0 spiro atoms. The van der Waals surface area contributed by atoms with Gasteiger partial charge in [-0.15, -0.1) is 25.3 Å². The molecule has 1 saturated carbocycles. The molecule has 624 valence electrons. The first-order chi connectivity index (χ1) is 53.3. The van der Waals surface area contributed by atoms with Crippen molar-refractivity contribution < 1.29 is 130 Å². The van der Waals surface area contributed by atoms with Crippen LogP contribution in [0.5, 0.6) is 0 Å². The Hall–Kier alpha value is -10.8. The van der Waals surface area contributed by atoms with E-state index >= 15 is 0 Å². The molecule has 10 rings (SSSR count). The van der Waals surface area contributed by atoms with Crippen molar-refractivity contribution in [2.24, 2.45) is 88.8 Å². The Bertz CT molecular complexity index is 3950. The van der Waals surface area contributed by atoms with Crippen LogP contribution in [0.3, 0.4) is 0 Å². The smallest absolute Gasteiger partial charge is 0.330 e. The Labute approximate surface area is 659 Å². The molecule has 8 saturated heterocycles. The van der Waals surface area contributed by atoms with Crippen LogP contribution in [0.1, 0.15) is 223 Å². The number of carbonyl (C=O) groups is 22. The molecule has 0 radical (unpaired) electrons. The lowest BCUT2D eigenvalue weighted by Crippen LogP contribution is -2.39. The first-order valence-corrected chi connectivity index (χ1v) is 38.6. The summed E-state index contributed by atoms with van der Waals surface area (Å²) in [5.74, 6) is -12.6. The van der Waals surface area contributed by atoms with Gasteiger partial charge in [0.25, 0.3) is 59.1 Å². The molecule has 17 amide bonds. The van der Waals surface area contributed by atoms with Crippen molar-refractivity contribution >= 4 is 136 Å². The monoisotopic (exact) mass is 1600 g/mol. The van der Waals surface area contributed by atoms with E-state index in [-0.39, 0.29) is 202 Å². The highest BCUT2D eigenvalue weighted by molar-refractivity contribution is 6.08. The lowest BCUT2D eigenvalue weighted by molar-refractivity contribution is -0.202. The summed E-state index contributed by atoms with van der Waals surface area (Å²) in [4.78, 5) is 287. The summed E-state index contributed by atoms with van der Waals surface area (Å²) in [6.45, 7) is 27.5. The number of amides is 17. The molecule has 8 atom stereocenters. The van der Waals surface area contributed by atoms with Gasteiger partial charge in [-0.3, -0.25) is 96.2 Å². The summed E-state index contributed by atoms with van der Waals surface area (Å²) < 4.78 is 0. The lowest BCUT2D eigenvalue weighted by Gasteiger charge is -2.30. The van der Waals surface area contributed by atoms with Crippen molar-refractivity contribution in [2.45, 2.75) is 213 Å². The first kappa shape index (κ1) is 92.0. The van der Waals surface area contributed by atoms with Gasteiger partial charge in [0, 0.05) is 137 Å². The van der Waals surface area contributed by atoms with E-state index in [4.69, 9.17) is 24.2 Å². The third-order valence-corrected chi connectivity index (χ3v) is 20.3. The Balaban J connectivity index is 0.000000224. The molecule has 1 N–H and O–H groups in total. The number of hydrogen-bond acceptors (Lipinski definition) is 27. The van der Waals surface area contributed by atoms with Gasteiger partial charge in [0.2, 0.25) is 41.4 Å². The molecule has 1 aliphatic carbocycles. The molecule has 8 unspecified atom stereocenters. The van der Waals surface area contributed by atoms with Crippen molar-refractivity contribution in [1.82, 2.24) is 40.0 Å². The average molecular weight is 1600 g/mol. The number of hydroxylamine groups is 10. The number of anilines is 1. The van der Waals surface area contributed by atoms with E-state index in [1.165, 1.54) is 21.9 Å². The van der Waals surface area contributed by atoms with Crippen molar-refractivity contribution in [1.29, 1.82) is 0 Å². The van der Waals surface area contributed by atoms with E-state index in [9.17, 15) is 105 Å². The molecule has 8 heterocycles. The van der Waals surface area contributed by atoms with Crippen molar-refractivity contribution in [3.63, 3.8) is 0 Å². The van der Waals surface area contributed by atoms with Gasteiger partial charge >= 0.3 is 29.8 Å². The largest absolute Gasteiger partial charge is 0.363 e. The van der Waals surface area contributed by atoms with Gasteiger partial charge in [-0.05, 0) is 91.9 Å². The maximum absolute atomic E-state index is 12.4. The molecule has 1 aromatic carbocycles. The van der Waals surface area contributed by atoms with Crippen LogP contribution < -0.4 is 5.32 Å². The van der Waals surface area contributed by atoms with Crippen molar-refractivity contribution in [2.75, 3.05) is 25.0 Å². The minimum Gasteiger partial charge on any atom is -0.330 e. The zero-order valence-electron chi connectivity index (χ0n) is 67.2. The summed E-state index contributed by atoms with van der Waals surface area (Å²) >= 11 is 0. The highest BCUT2D eigenvalue weighted by Gasteiger charge is 2.47. The number of carbonyl (C=O) groups excluding carboxylic acids is 22. The number of imide groups is 8. The number of benzene rings is 1. The predicted molar refractivity (Wildman–Crippen MR) is 390 cm³/mol. The molecule has 114 heavy (non-hydrogen) atoms. The molecule has 0 bridgehead atoms. The van der Waals surface area contributed by atoms with E-state index in [2.05, 4.69) is 5.32 Å². The lowest BCUT2D eigenvalue weighted by atomic mass is 9.82. The quantitative estimate of drug-likeness (QED) is 0.123. The summed E-state index contributed by atoms with van der Waals surface area (Å²) in [7, 11) is 0. The fourth-order valence-electron chi connectivity index (χ4n) is 13.4. The SMILES string of the molecule is CC(C)CC(=O)Nc1ccc(C(=O)ON2C(=O)CC(C)C2=O)cc1.CC(C)CC(=O)ON1C(=O)CC(C)C1=O.CC1CC(=O)N(OC(=O)C2CCC(CN3C(=O)CC(C(C)C)C3=O)CC2)C1=O.CC1CC(=O)N(OC(=O)CCCN2C(=O)CC(C(C)C)C2=O)C1=O.CC1CC(=O)N(OC(=O)CCN2C(=O)CC(C(C)C)C2=O)C1=O. The number of rotatable bonds is 24. The maximum atomic E-state index is 12.4. The van der Waals surface area contributed by atoms with Crippen LogP contribution >= 0.6 is 0 Å². The van der Waals surface area contributed by atoms with Crippen LogP contribution in [-0.4, -0.2) is 190 Å². The normalized spacial score (nSPS) is 24.4. The first-order valence-electron chi connectivity index (χ1n) is 38.6. The van der Waals surface area contributed by atoms with Gasteiger partial charge in [0.05, 0.1) is 24.3 Å². The van der Waals surface area contributed by atoms with Crippen molar-refractivity contribution in [3.8, 4) is 0 Å². The van der Waals surface area contributed by atoms with Crippen molar-refractivity contribution in [3.05, 3.63) is 29.8 Å². The highest BCUT2D eigenvalue weighted by atomic mass is 16.7. The zero-order chi connectivity index (χ0) is 85.3. The molecule has 1 aromatic rings. The van der Waals surface area contributed by atoms with Crippen LogP contribution in [0.25, 0.3) is 0 Å². The summed E-state index contributed by atoms with van der Waals surface area (Å²) in [5, 5.41) is 5.42. The van der Waals surface area contributed by atoms with Gasteiger partial charge < -0.3 is 29.5 Å². The standard InChI is InChI=1S/C20H28N2O6.C17H20N2O5.C16H22N2O6.C15H20N2O6.C10H15NO4/c1-11(2)15-9-16(23)21(19(15)26)10-13-4-6-14(7-5-13)20(27)28-22-17(24)8-12(3)18(22)25;1-10(2)8-14(20)18-13-6-4-12(5-7-13)17(23)24-19-15(21)9-11(3)16(19)22;1-9(2)11-8-12(19)17(16(11)23)6-4-5-14(21)24-18-13(20)7-10(3)15(18)22;1-8(2)10-7-11(18)16(15(10)22)5-4-13(20)23-17-12(19)6-9(3)14(17)21;1-6(2)4-9(13)15-11-8(12)5-7(3)10(11)14/h11-15H,4-10H2,1-3H3;4-7,10-11H,8-9H2,1-3H3,(H,18,20);9-11H,4-8H2,1-3H3;8-10H,4-7H2,1-3H3;6-7H,4-5H2,1-3H3. The van der Waals surface area contributed by atoms with E-state index in [1.54, 1.807) is 46.8 Å².